The molecule has 1 unspecified atom stereocenters. The first-order chi connectivity index (χ1) is 34.1. The number of carbonyl (C=O) groups is 4. The van der Waals surface area contributed by atoms with E-state index in [1.54, 1.807) is 97.4 Å². The number of fused-ring (bicyclic) bond motifs is 1. The third kappa shape index (κ3) is 11.1. The van der Waals surface area contributed by atoms with E-state index in [0.29, 0.717) is 11.1 Å². The number of aliphatic hydroxyl groups excluding tert-OH is 1. The van der Waals surface area contributed by atoms with Crippen LogP contribution < -0.4 is 25.7 Å². The summed E-state index contributed by atoms with van der Waals surface area (Å²) >= 11 is 8.09. The Morgan fingerprint density at radius 2 is 1.75 bits per heavy atom. The summed E-state index contributed by atoms with van der Waals surface area (Å²) in [6.45, 7) is 8.53. The van der Waals surface area contributed by atoms with Crippen LogP contribution in [0.2, 0.25) is 5.02 Å². The standard InChI is InChI=1S/C51H55ClF3N9O7S/c1-7-63-24-37(45(60-63)51(53,54)55)35-17-31(22-62-15-14-61(6)49(62)56)18-36-42(67)33(25-71-43(35)36)16-30-10-13-38(52)40(19-30)70-26-41(66)59-46(50(3,4)5)48(69)64-23-34(65)20-39(64)47(68)57-21-29-8-11-32(12-9-29)44-28(2)58-27-72-44/h8-15,17-19,24,27,33-34,39,46,56,65H,7,16,20-23,25-26H2,1-6H3,(H,57,68)(H,59,66)/t33?,34-,39+,46-/m1/s1. The molecule has 4 atom stereocenters. The Hall–Kier alpha value is -6.77. The van der Waals surface area contributed by atoms with Crippen LogP contribution in [0.1, 0.15) is 72.6 Å². The van der Waals surface area contributed by atoms with Gasteiger partial charge in [0, 0.05) is 62.8 Å². The van der Waals surface area contributed by atoms with Crippen molar-refractivity contribution in [1.29, 1.82) is 5.41 Å². The summed E-state index contributed by atoms with van der Waals surface area (Å²) in [4.78, 5) is 62.5. The van der Waals surface area contributed by atoms with E-state index in [-0.39, 0.29) is 90.2 Å². The first-order valence-electron chi connectivity index (χ1n) is 23.3. The number of Topliss-reactive ketones (excluding diaryl/α,β-unsaturated/α-hetero) is 1. The molecule has 16 nitrogen and oxygen atoms in total. The van der Waals surface area contributed by atoms with Crippen LogP contribution in [0.4, 0.5) is 13.2 Å². The van der Waals surface area contributed by atoms with Gasteiger partial charge in [-0.25, -0.2) is 4.98 Å². The molecule has 3 aromatic heterocycles. The highest BCUT2D eigenvalue weighted by Crippen LogP contribution is 2.44. The second kappa shape index (κ2) is 20.8. The molecule has 3 aromatic carbocycles. The number of benzene rings is 3. The molecule has 21 heteroatoms. The topological polar surface area (TPSA) is 199 Å². The molecule has 5 heterocycles. The fraction of sp³-hybridized carbons (Fsp3) is 0.392. The van der Waals surface area contributed by atoms with Crippen molar-refractivity contribution in [2.45, 2.75) is 91.5 Å². The molecular weight excluding hydrogens is 975 g/mol. The van der Waals surface area contributed by atoms with Crippen molar-refractivity contribution in [3.63, 3.8) is 0 Å². The van der Waals surface area contributed by atoms with E-state index in [1.165, 1.54) is 21.8 Å². The second-order valence-electron chi connectivity index (χ2n) is 19.2. The minimum absolute atomic E-state index is 0.00319. The van der Waals surface area contributed by atoms with Crippen LogP contribution in [0.5, 0.6) is 11.5 Å². The molecule has 0 aliphatic carbocycles. The Morgan fingerprint density at radius 1 is 1.03 bits per heavy atom. The average Bonchev–Trinajstić information content (AvgIpc) is 4.15. The van der Waals surface area contributed by atoms with E-state index in [1.807, 2.05) is 31.2 Å². The number of β-amino-alcohol motifs (C(OH)–C–C–N with tert-alkyl or cyclic N) is 1. The number of likely N-dealkylation sites (tertiary alicyclic amines) is 1. The van der Waals surface area contributed by atoms with Gasteiger partial charge in [-0.1, -0.05) is 62.7 Å². The molecule has 0 spiro atoms. The molecule has 1 fully saturated rings. The Labute approximate surface area is 422 Å². The van der Waals surface area contributed by atoms with Crippen molar-refractivity contribution in [2.75, 3.05) is 19.8 Å². The quantitative estimate of drug-likeness (QED) is 0.0840. The third-order valence-corrected chi connectivity index (χ3v) is 14.1. The van der Waals surface area contributed by atoms with Crippen LogP contribution in [-0.4, -0.2) is 95.4 Å². The van der Waals surface area contributed by atoms with Crippen LogP contribution in [0.15, 0.2) is 78.7 Å². The van der Waals surface area contributed by atoms with Crippen molar-refractivity contribution in [3.8, 4) is 33.1 Å². The molecule has 8 rings (SSSR count). The van der Waals surface area contributed by atoms with Gasteiger partial charge in [-0.3, -0.25) is 29.3 Å². The molecule has 3 amide bonds. The predicted molar refractivity (Wildman–Crippen MR) is 262 cm³/mol. The number of aryl methyl sites for hydroxylation is 3. The van der Waals surface area contributed by atoms with Gasteiger partial charge in [-0.15, -0.1) is 11.3 Å². The van der Waals surface area contributed by atoms with Crippen LogP contribution in [0.3, 0.4) is 0 Å². The Morgan fingerprint density at radius 3 is 2.40 bits per heavy atom. The van der Waals surface area contributed by atoms with Gasteiger partial charge in [-0.05, 0) is 72.2 Å². The van der Waals surface area contributed by atoms with Crippen LogP contribution >= 0.6 is 22.9 Å². The van der Waals surface area contributed by atoms with Gasteiger partial charge >= 0.3 is 6.18 Å². The van der Waals surface area contributed by atoms with Crippen molar-refractivity contribution >= 4 is 46.4 Å². The zero-order chi connectivity index (χ0) is 51.8. The minimum atomic E-state index is -4.80. The fourth-order valence-corrected chi connectivity index (χ4v) is 9.97. The summed E-state index contributed by atoms with van der Waals surface area (Å²) in [5, 5.41) is 28.7. The van der Waals surface area contributed by atoms with Gasteiger partial charge < -0.3 is 39.2 Å². The van der Waals surface area contributed by atoms with Crippen LogP contribution in [0, 0.1) is 23.7 Å². The number of amides is 3. The number of rotatable bonds is 15. The highest BCUT2D eigenvalue weighted by Gasteiger charge is 2.45. The Bertz CT molecular complexity index is 3080. The lowest BCUT2D eigenvalue weighted by molar-refractivity contribution is -0.144. The minimum Gasteiger partial charge on any atom is -0.491 e. The smallest absolute Gasteiger partial charge is 0.435 e. The number of imidazole rings is 1. The number of carbonyl (C=O) groups excluding carboxylic acids is 4. The zero-order valence-electron chi connectivity index (χ0n) is 40.5. The third-order valence-electron chi connectivity index (χ3n) is 12.8. The molecule has 0 radical (unpaired) electrons. The maximum atomic E-state index is 14.4. The number of thiazole rings is 1. The van der Waals surface area contributed by atoms with E-state index in [9.17, 15) is 37.5 Å². The largest absolute Gasteiger partial charge is 0.491 e. The molecular formula is C51H55ClF3N9O7S. The van der Waals surface area contributed by atoms with Gasteiger partial charge in [0.15, 0.2) is 18.1 Å². The predicted octanol–water partition coefficient (Wildman–Crippen LogP) is 6.96. The number of aromatic nitrogens is 5. The van der Waals surface area contributed by atoms with E-state index < -0.39 is 65.7 Å². The number of halogens is 4. The number of hydrogen-bond acceptors (Lipinski definition) is 11. The van der Waals surface area contributed by atoms with E-state index in [4.69, 9.17) is 26.5 Å². The summed E-state index contributed by atoms with van der Waals surface area (Å²) in [5.74, 6) is -2.68. The van der Waals surface area contributed by atoms with Gasteiger partial charge in [0.05, 0.1) is 51.8 Å². The van der Waals surface area contributed by atoms with Crippen molar-refractivity contribution < 1.29 is 46.9 Å². The van der Waals surface area contributed by atoms with Crippen LogP contribution in [-0.2, 0) is 53.7 Å². The number of nitrogens with zero attached hydrogens (tertiary/aromatic N) is 6. The fourth-order valence-electron chi connectivity index (χ4n) is 8.98. The SMILES string of the molecule is CCn1cc(-c2cc(Cn3ccn(C)c3=N)cc3c2OCC(Cc2ccc(Cl)c(OCC(=O)N[C@H](C(=O)N4C[C@H](O)C[C@H]4C(=O)NCc4ccc(-c5scnc5C)cc4)C(C)(C)C)c2)C3=O)c(C(F)(F)F)n1. The van der Waals surface area contributed by atoms with Crippen LogP contribution in [0.25, 0.3) is 21.6 Å². The van der Waals surface area contributed by atoms with Gasteiger partial charge in [0.2, 0.25) is 17.4 Å². The van der Waals surface area contributed by atoms with Crippen molar-refractivity contribution in [2.24, 2.45) is 18.4 Å². The van der Waals surface area contributed by atoms with Crippen molar-refractivity contribution in [3.05, 3.63) is 123 Å². The zero-order valence-corrected chi connectivity index (χ0v) is 42.0. The summed E-state index contributed by atoms with van der Waals surface area (Å²) in [6.07, 6.45) is -1.01. The van der Waals surface area contributed by atoms with E-state index in [2.05, 4.69) is 20.7 Å². The Kier molecular flexibility index (Phi) is 14.9. The lowest BCUT2D eigenvalue weighted by atomic mass is 9.85. The monoisotopic (exact) mass is 1030 g/mol. The number of alkyl halides is 3. The van der Waals surface area contributed by atoms with Crippen molar-refractivity contribution in [1.82, 2.24) is 39.4 Å². The summed E-state index contributed by atoms with van der Waals surface area (Å²) < 4.78 is 59.7. The summed E-state index contributed by atoms with van der Waals surface area (Å²) in [5.41, 5.74) is 3.72. The van der Waals surface area contributed by atoms with E-state index >= 15 is 0 Å². The molecule has 1 saturated heterocycles. The molecule has 0 saturated carbocycles. The lowest BCUT2D eigenvalue weighted by Gasteiger charge is -2.35. The molecule has 6 aromatic rings. The molecule has 0 bridgehead atoms. The maximum absolute atomic E-state index is 14.4. The normalized spacial score (nSPS) is 17.3. The number of aliphatic hydroxyl groups is 1. The lowest BCUT2D eigenvalue weighted by Crippen LogP contribution is -2.58. The number of hydrogen-bond donors (Lipinski definition) is 4. The maximum Gasteiger partial charge on any atom is 0.435 e. The molecule has 4 N–H and O–H groups in total. The molecule has 2 aliphatic rings. The van der Waals surface area contributed by atoms with Gasteiger partial charge in [0.25, 0.3) is 5.91 Å². The first kappa shape index (κ1) is 51.6. The molecule has 2 aliphatic heterocycles. The highest BCUT2D eigenvalue weighted by molar-refractivity contribution is 7.13. The second-order valence-corrected chi connectivity index (χ2v) is 20.5. The number of nitrogens with one attached hydrogen (secondary N) is 3. The van der Waals surface area contributed by atoms with Gasteiger partial charge in [-0.2, -0.15) is 18.3 Å². The first-order valence-corrected chi connectivity index (χ1v) is 24.6. The number of ether oxygens (including phenoxy) is 2. The highest BCUT2D eigenvalue weighted by atomic mass is 35.5. The summed E-state index contributed by atoms with van der Waals surface area (Å²) in [7, 11) is 1.69. The Balaban J connectivity index is 0.938. The molecule has 380 valence electrons. The summed E-state index contributed by atoms with van der Waals surface area (Å²) in [6, 6.07) is 13.6. The number of ketones is 1. The van der Waals surface area contributed by atoms with E-state index in [0.717, 1.165) is 21.7 Å². The molecule has 72 heavy (non-hydrogen) atoms. The average molecular weight is 1030 g/mol. The van der Waals surface area contributed by atoms with Gasteiger partial charge in [0.1, 0.15) is 23.6 Å².